The predicted molar refractivity (Wildman–Crippen MR) is 118 cm³/mol. The van der Waals surface area contributed by atoms with Crippen molar-refractivity contribution in [1.82, 2.24) is 15.5 Å². The molecule has 0 aromatic heterocycles. The van der Waals surface area contributed by atoms with Gasteiger partial charge < -0.3 is 20.3 Å². The number of nitrogens with zero attached hydrogens (tertiary/aromatic N) is 1. The Kier molecular flexibility index (Phi) is 9.83. The topological polar surface area (TPSA) is 87.7 Å². The third kappa shape index (κ3) is 6.65. The van der Waals surface area contributed by atoms with Crippen LogP contribution in [0.15, 0.2) is 24.3 Å². The Morgan fingerprint density at radius 3 is 2.69 bits per heavy atom. The monoisotopic (exact) mass is 439 g/mol. The van der Waals surface area contributed by atoms with Crippen molar-refractivity contribution >= 4 is 42.2 Å². The second-order valence-corrected chi connectivity index (χ2v) is 8.21. The zero-order chi connectivity index (χ0) is 21.2. The number of carbonyl (C=O) groups excluding carboxylic acids is 3. The standard InChI is InChI=1S/C20H29N3O4S2/c1-27-20(26)16(7-10-29-2)22-19(25)17-11-14-5-3-4-6-15(14)13-23(17)18(24)12-21-8-9-28/h3-6,16-17,21,28H,7-13H2,1-2H3,(H,22,25)/t16-,17-/m0/s1. The number of ether oxygens (including phenoxy) is 1. The third-order valence-corrected chi connectivity index (χ3v) is 5.72. The Morgan fingerprint density at radius 1 is 1.31 bits per heavy atom. The van der Waals surface area contributed by atoms with Gasteiger partial charge in [-0.05, 0) is 29.6 Å². The number of thioether (sulfide) groups is 1. The highest BCUT2D eigenvalue weighted by molar-refractivity contribution is 7.98. The van der Waals surface area contributed by atoms with E-state index in [1.165, 1.54) is 7.11 Å². The first-order valence-electron chi connectivity index (χ1n) is 9.56. The number of esters is 1. The predicted octanol–water partition coefficient (Wildman–Crippen LogP) is 0.870. The van der Waals surface area contributed by atoms with Crippen LogP contribution in [0.2, 0.25) is 0 Å². The second-order valence-electron chi connectivity index (χ2n) is 6.78. The Labute approximate surface area is 181 Å². The van der Waals surface area contributed by atoms with Crippen LogP contribution in [0.4, 0.5) is 0 Å². The van der Waals surface area contributed by atoms with Crippen LogP contribution >= 0.6 is 24.4 Å². The van der Waals surface area contributed by atoms with Gasteiger partial charge >= 0.3 is 5.97 Å². The van der Waals surface area contributed by atoms with Crippen molar-refractivity contribution in [3.8, 4) is 0 Å². The first kappa shape index (κ1) is 23.6. The van der Waals surface area contributed by atoms with Crippen molar-refractivity contribution in [2.24, 2.45) is 0 Å². The number of benzene rings is 1. The molecule has 0 saturated heterocycles. The maximum atomic E-state index is 13.1. The number of hydrogen-bond donors (Lipinski definition) is 3. The molecule has 0 unspecified atom stereocenters. The summed E-state index contributed by atoms with van der Waals surface area (Å²) < 4.78 is 4.83. The van der Waals surface area contributed by atoms with Gasteiger partial charge in [-0.1, -0.05) is 24.3 Å². The molecule has 1 aliphatic heterocycles. The summed E-state index contributed by atoms with van der Waals surface area (Å²) in [7, 11) is 1.31. The van der Waals surface area contributed by atoms with Crippen molar-refractivity contribution in [2.45, 2.75) is 31.5 Å². The van der Waals surface area contributed by atoms with Crippen molar-refractivity contribution < 1.29 is 19.1 Å². The maximum absolute atomic E-state index is 13.1. The highest BCUT2D eigenvalue weighted by Gasteiger charge is 2.36. The summed E-state index contributed by atoms with van der Waals surface area (Å²) in [6, 6.07) is 6.40. The molecular weight excluding hydrogens is 410 g/mol. The summed E-state index contributed by atoms with van der Waals surface area (Å²) in [6.45, 7) is 1.11. The van der Waals surface area contributed by atoms with Gasteiger partial charge in [-0.25, -0.2) is 4.79 Å². The lowest BCUT2D eigenvalue weighted by atomic mass is 9.93. The van der Waals surface area contributed by atoms with E-state index in [2.05, 4.69) is 23.3 Å². The molecule has 160 valence electrons. The van der Waals surface area contributed by atoms with E-state index in [1.54, 1.807) is 16.7 Å². The van der Waals surface area contributed by atoms with Crippen molar-refractivity contribution in [2.75, 3.05) is 38.0 Å². The molecule has 0 aliphatic carbocycles. The van der Waals surface area contributed by atoms with Crippen LogP contribution < -0.4 is 10.6 Å². The number of methoxy groups -OCH3 is 1. The average molecular weight is 440 g/mol. The van der Waals surface area contributed by atoms with Crippen LogP contribution in [0.25, 0.3) is 0 Å². The molecule has 1 aromatic carbocycles. The Bertz CT molecular complexity index is 717. The minimum atomic E-state index is -0.726. The summed E-state index contributed by atoms with van der Waals surface area (Å²) in [6.07, 6.45) is 2.82. The SMILES string of the molecule is COC(=O)[C@H](CCSC)NC(=O)[C@@H]1Cc2ccccc2CN1C(=O)CNCCS. The lowest BCUT2D eigenvalue weighted by Gasteiger charge is -2.36. The maximum Gasteiger partial charge on any atom is 0.328 e. The molecule has 9 heteroatoms. The van der Waals surface area contributed by atoms with Crippen LogP contribution in [0, 0.1) is 0 Å². The molecule has 0 fully saturated rings. The molecule has 2 amide bonds. The Morgan fingerprint density at radius 2 is 2.03 bits per heavy atom. The Balaban J connectivity index is 2.18. The van der Waals surface area contributed by atoms with Gasteiger partial charge in [0.2, 0.25) is 11.8 Å². The number of carbonyl (C=O) groups is 3. The summed E-state index contributed by atoms with van der Waals surface area (Å²) in [5.74, 6) is 0.371. The average Bonchev–Trinajstić information content (AvgIpc) is 2.75. The van der Waals surface area contributed by atoms with Gasteiger partial charge in [0.05, 0.1) is 13.7 Å². The van der Waals surface area contributed by atoms with Gasteiger partial charge in [-0.3, -0.25) is 9.59 Å². The van der Waals surface area contributed by atoms with Gasteiger partial charge in [-0.15, -0.1) is 0 Å². The van der Waals surface area contributed by atoms with E-state index in [1.807, 2.05) is 30.5 Å². The second kappa shape index (κ2) is 12.1. The largest absolute Gasteiger partial charge is 0.467 e. The number of fused-ring (bicyclic) bond motifs is 1. The quantitative estimate of drug-likeness (QED) is 0.285. The highest BCUT2D eigenvalue weighted by Crippen LogP contribution is 2.24. The minimum absolute atomic E-state index is 0.138. The molecule has 0 radical (unpaired) electrons. The third-order valence-electron chi connectivity index (χ3n) is 4.85. The molecule has 1 heterocycles. The van der Waals surface area contributed by atoms with E-state index in [0.717, 1.165) is 11.1 Å². The number of hydrogen-bond acceptors (Lipinski definition) is 7. The molecular formula is C20H29N3O4S2. The van der Waals surface area contributed by atoms with Crippen LogP contribution in [-0.2, 0) is 32.1 Å². The van der Waals surface area contributed by atoms with Gasteiger partial charge in [0, 0.05) is 25.3 Å². The van der Waals surface area contributed by atoms with Gasteiger partial charge in [-0.2, -0.15) is 24.4 Å². The normalized spacial score (nSPS) is 16.7. The summed E-state index contributed by atoms with van der Waals surface area (Å²) in [5, 5.41) is 5.84. The molecule has 1 aromatic rings. The molecule has 2 N–H and O–H groups in total. The number of thiol groups is 1. The Hall–Kier alpha value is -1.71. The van der Waals surface area contributed by atoms with Crippen LogP contribution in [0.1, 0.15) is 17.5 Å². The van der Waals surface area contributed by atoms with E-state index < -0.39 is 18.1 Å². The summed E-state index contributed by atoms with van der Waals surface area (Å²) >= 11 is 5.72. The van der Waals surface area contributed by atoms with Gasteiger partial charge in [0.15, 0.2) is 0 Å². The van der Waals surface area contributed by atoms with Crippen molar-refractivity contribution in [1.29, 1.82) is 0 Å². The lowest BCUT2D eigenvalue weighted by Crippen LogP contribution is -2.57. The first-order valence-corrected chi connectivity index (χ1v) is 11.6. The fourth-order valence-electron chi connectivity index (χ4n) is 3.29. The lowest BCUT2D eigenvalue weighted by molar-refractivity contribution is -0.147. The van der Waals surface area contributed by atoms with Crippen molar-refractivity contribution in [3.05, 3.63) is 35.4 Å². The first-order chi connectivity index (χ1) is 14.0. The molecule has 0 bridgehead atoms. The highest BCUT2D eigenvalue weighted by atomic mass is 32.2. The fourth-order valence-corrected chi connectivity index (χ4v) is 3.92. The molecule has 0 saturated carbocycles. The van der Waals surface area contributed by atoms with E-state index >= 15 is 0 Å². The minimum Gasteiger partial charge on any atom is -0.467 e. The van der Waals surface area contributed by atoms with E-state index in [0.29, 0.717) is 37.4 Å². The number of amides is 2. The summed E-state index contributed by atoms with van der Waals surface area (Å²) in [4.78, 5) is 39.6. The zero-order valence-corrected chi connectivity index (χ0v) is 18.6. The molecule has 2 atom stereocenters. The number of rotatable bonds is 10. The molecule has 29 heavy (non-hydrogen) atoms. The molecule has 0 spiro atoms. The smallest absolute Gasteiger partial charge is 0.328 e. The zero-order valence-electron chi connectivity index (χ0n) is 16.8. The van der Waals surface area contributed by atoms with Gasteiger partial charge in [0.1, 0.15) is 12.1 Å². The van der Waals surface area contributed by atoms with Gasteiger partial charge in [0.25, 0.3) is 0 Å². The number of nitrogens with one attached hydrogen (secondary N) is 2. The molecule has 1 aliphatic rings. The fraction of sp³-hybridized carbons (Fsp3) is 0.550. The van der Waals surface area contributed by atoms with Crippen LogP contribution in [-0.4, -0.2) is 72.7 Å². The van der Waals surface area contributed by atoms with Crippen LogP contribution in [0.3, 0.4) is 0 Å². The van der Waals surface area contributed by atoms with Crippen LogP contribution in [0.5, 0.6) is 0 Å². The van der Waals surface area contributed by atoms with E-state index in [9.17, 15) is 14.4 Å². The van der Waals surface area contributed by atoms with Crippen molar-refractivity contribution in [3.63, 3.8) is 0 Å². The molecule has 2 rings (SSSR count). The van der Waals surface area contributed by atoms with E-state index in [-0.39, 0.29) is 18.4 Å². The molecule has 7 nitrogen and oxygen atoms in total. The van der Waals surface area contributed by atoms with E-state index in [4.69, 9.17) is 4.74 Å². The summed E-state index contributed by atoms with van der Waals surface area (Å²) in [5.41, 5.74) is 2.07.